The van der Waals surface area contributed by atoms with Gasteiger partial charge in [0, 0.05) is 19.3 Å². The van der Waals surface area contributed by atoms with Crippen molar-refractivity contribution in [2.45, 2.75) is 406 Å². The normalized spacial score (nSPS) is 12.3. The smallest absolute Gasteiger partial charge is 0.306 e. The van der Waals surface area contributed by atoms with Crippen molar-refractivity contribution in [2.24, 2.45) is 0 Å². The molecule has 0 radical (unpaired) electrons. The zero-order valence-electron chi connectivity index (χ0n) is 55.3. The standard InChI is InChI=1S/C76H140O6/c1-4-7-10-13-16-19-22-25-28-29-30-31-32-33-34-35-36-37-38-39-40-41-42-43-44-45-46-47-49-51-54-57-60-63-66-69-75(78)81-72-73(71-80-74(77)68-65-62-59-56-53-50-27-24-21-18-15-12-9-6-3)82-76(79)70-67-64-61-58-55-52-48-26-23-20-17-14-11-8-5-2/h15,17-18,20,24,26-27,48,73H,4-14,16,19,21-23,25,28-47,49-72H2,1-3H3/b18-15-,20-17-,27-24-,48-26-. The van der Waals surface area contributed by atoms with E-state index in [2.05, 4.69) is 69.4 Å². The van der Waals surface area contributed by atoms with Gasteiger partial charge in [-0.05, 0) is 77.0 Å². The topological polar surface area (TPSA) is 78.9 Å². The molecule has 0 fully saturated rings. The number of allylic oxidation sites excluding steroid dienone is 8. The largest absolute Gasteiger partial charge is 0.462 e. The lowest BCUT2D eigenvalue weighted by molar-refractivity contribution is -0.167. The Morgan fingerprint density at radius 1 is 0.244 bits per heavy atom. The second-order valence-electron chi connectivity index (χ2n) is 24.9. The fraction of sp³-hybridized carbons (Fsp3) is 0.855. The van der Waals surface area contributed by atoms with Crippen molar-refractivity contribution in [2.75, 3.05) is 13.2 Å². The van der Waals surface area contributed by atoms with Crippen molar-refractivity contribution in [1.29, 1.82) is 0 Å². The molecule has 0 N–H and O–H groups in total. The van der Waals surface area contributed by atoms with E-state index in [-0.39, 0.29) is 31.1 Å². The van der Waals surface area contributed by atoms with Crippen LogP contribution in [0.25, 0.3) is 0 Å². The first-order valence-corrected chi connectivity index (χ1v) is 36.6. The molecule has 0 saturated carbocycles. The molecule has 0 aliphatic heterocycles. The second kappa shape index (κ2) is 70.9. The van der Waals surface area contributed by atoms with Crippen LogP contribution in [0.15, 0.2) is 48.6 Å². The molecule has 0 saturated heterocycles. The molecule has 0 heterocycles. The lowest BCUT2D eigenvalue weighted by Gasteiger charge is -2.18. The lowest BCUT2D eigenvalue weighted by Crippen LogP contribution is -2.30. The molecule has 0 aromatic heterocycles. The molecule has 0 rings (SSSR count). The summed E-state index contributed by atoms with van der Waals surface area (Å²) in [5.41, 5.74) is 0. The SMILES string of the molecule is CCCC/C=C\C/C=C\CCCCCCCC(=O)OCC(COC(=O)CCCCCCCCCCCCCCCCCCCCCCCCCCCCCCCCCCCCC)OC(=O)CCCCCCC/C=C\C/C=C\CCCCC. The lowest BCUT2D eigenvalue weighted by atomic mass is 10.0. The van der Waals surface area contributed by atoms with Gasteiger partial charge >= 0.3 is 17.9 Å². The van der Waals surface area contributed by atoms with Crippen LogP contribution in [0.2, 0.25) is 0 Å². The average molecular weight is 1150 g/mol. The summed E-state index contributed by atoms with van der Waals surface area (Å²) in [7, 11) is 0. The van der Waals surface area contributed by atoms with E-state index in [9.17, 15) is 14.4 Å². The highest BCUT2D eigenvalue weighted by Gasteiger charge is 2.19. The van der Waals surface area contributed by atoms with Gasteiger partial charge in [-0.1, -0.05) is 352 Å². The minimum atomic E-state index is -0.786. The van der Waals surface area contributed by atoms with Crippen LogP contribution in [-0.4, -0.2) is 37.2 Å². The third-order valence-corrected chi connectivity index (χ3v) is 16.6. The summed E-state index contributed by atoms with van der Waals surface area (Å²) in [4.78, 5) is 38.3. The Bertz CT molecular complexity index is 1410. The number of carbonyl (C=O) groups is 3. The number of ether oxygens (including phenoxy) is 3. The van der Waals surface area contributed by atoms with Gasteiger partial charge in [0.1, 0.15) is 13.2 Å². The van der Waals surface area contributed by atoms with Crippen molar-refractivity contribution in [3.63, 3.8) is 0 Å². The molecule has 0 spiro atoms. The third-order valence-electron chi connectivity index (χ3n) is 16.6. The van der Waals surface area contributed by atoms with Crippen molar-refractivity contribution in [3.05, 3.63) is 48.6 Å². The summed E-state index contributed by atoms with van der Waals surface area (Å²) in [5, 5.41) is 0. The van der Waals surface area contributed by atoms with Crippen LogP contribution in [-0.2, 0) is 28.6 Å². The van der Waals surface area contributed by atoms with E-state index in [0.717, 1.165) is 103 Å². The fourth-order valence-electron chi connectivity index (χ4n) is 11.0. The molecule has 0 aliphatic rings. The second-order valence-corrected chi connectivity index (χ2v) is 24.9. The highest BCUT2D eigenvalue weighted by molar-refractivity contribution is 5.71. The molecule has 1 atom stereocenters. The molecule has 1 unspecified atom stereocenters. The molecule has 0 bridgehead atoms. The van der Waals surface area contributed by atoms with Crippen LogP contribution < -0.4 is 0 Å². The Balaban J connectivity index is 4.07. The van der Waals surface area contributed by atoms with Gasteiger partial charge in [0.25, 0.3) is 0 Å². The van der Waals surface area contributed by atoms with Crippen molar-refractivity contribution < 1.29 is 28.6 Å². The Kier molecular flexibility index (Phi) is 68.6. The Hall–Kier alpha value is -2.63. The zero-order chi connectivity index (χ0) is 59.2. The van der Waals surface area contributed by atoms with Gasteiger partial charge < -0.3 is 14.2 Å². The molecule has 0 aromatic rings. The summed E-state index contributed by atoms with van der Waals surface area (Å²) in [6.45, 7) is 6.61. The van der Waals surface area contributed by atoms with Gasteiger partial charge in [-0.15, -0.1) is 0 Å². The molecule has 6 heteroatoms. The van der Waals surface area contributed by atoms with E-state index < -0.39 is 6.10 Å². The minimum absolute atomic E-state index is 0.0801. The maximum Gasteiger partial charge on any atom is 0.306 e. The van der Waals surface area contributed by atoms with E-state index in [1.54, 1.807) is 0 Å². The van der Waals surface area contributed by atoms with Gasteiger partial charge in [-0.25, -0.2) is 0 Å². The van der Waals surface area contributed by atoms with Gasteiger partial charge in [-0.3, -0.25) is 14.4 Å². The maximum atomic E-state index is 12.9. The zero-order valence-corrected chi connectivity index (χ0v) is 55.3. The molecule has 0 aromatic carbocycles. The predicted molar refractivity (Wildman–Crippen MR) is 358 cm³/mol. The number of esters is 3. The molecule has 82 heavy (non-hydrogen) atoms. The number of unbranched alkanes of at least 4 members (excludes halogenated alkanes) is 49. The van der Waals surface area contributed by atoms with Gasteiger partial charge in [-0.2, -0.15) is 0 Å². The minimum Gasteiger partial charge on any atom is -0.462 e. The van der Waals surface area contributed by atoms with Crippen LogP contribution in [0.5, 0.6) is 0 Å². The van der Waals surface area contributed by atoms with E-state index >= 15 is 0 Å². The van der Waals surface area contributed by atoms with Crippen LogP contribution in [0.4, 0.5) is 0 Å². The summed E-state index contributed by atoms with van der Waals surface area (Å²) in [5.74, 6) is -0.887. The van der Waals surface area contributed by atoms with Crippen LogP contribution in [0.3, 0.4) is 0 Å². The molecule has 480 valence electrons. The van der Waals surface area contributed by atoms with Crippen LogP contribution in [0, 0.1) is 0 Å². The van der Waals surface area contributed by atoms with Crippen molar-refractivity contribution >= 4 is 17.9 Å². The quantitative estimate of drug-likeness (QED) is 0.0261. The maximum absolute atomic E-state index is 12.9. The molecule has 0 amide bonds. The monoisotopic (exact) mass is 1150 g/mol. The Labute approximate surface area is 511 Å². The highest BCUT2D eigenvalue weighted by atomic mass is 16.6. The van der Waals surface area contributed by atoms with Crippen LogP contribution in [0.1, 0.15) is 400 Å². The summed E-state index contributed by atoms with van der Waals surface area (Å²) in [6, 6.07) is 0. The predicted octanol–water partition coefficient (Wildman–Crippen LogP) is 25.3. The highest BCUT2D eigenvalue weighted by Crippen LogP contribution is 2.19. The number of rotatable bonds is 68. The van der Waals surface area contributed by atoms with E-state index in [4.69, 9.17) is 14.2 Å². The summed E-state index contributed by atoms with van der Waals surface area (Å²) >= 11 is 0. The Morgan fingerprint density at radius 3 is 0.732 bits per heavy atom. The summed E-state index contributed by atoms with van der Waals surface area (Å²) < 4.78 is 16.9. The first-order valence-electron chi connectivity index (χ1n) is 36.6. The van der Waals surface area contributed by atoms with Gasteiger partial charge in [0.15, 0.2) is 6.10 Å². The van der Waals surface area contributed by atoms with Gasteiger partial charge in [0.05, 0.1) is 0 Å². The summed E-state index contributed by atoms with van der Waals surface area (Å²) in [6.07, 6.45) is 90.3. The first kappa shape index (κ1) is 79.4. The molecule has 0 aliphatic carbocycles. The number of hydrogen-bond acceptors (Lipinski definition) is 6. The number of hydrogen-bond donors (Lipinski definition) is 0. The van der Waals surface area contributed by atoms with Gasteiger partial charge in [0.2, 0.25) is 0 Å². The van der Waals surface area contributed by atoms with E-state index in [1.165, 1.54) is 257 Å². The van der Waals surface area contributed by atoms with Crippen LogP contribution >= 0.6 is 0 Å². The van der Waals surface area contributed by atoms with Crippen molar-refractivity contribution in [1.82, 2.24) is 0 Å². The Morgan fingerprint density at radius 2 is 0.451 bits per heavy atom. The molecular formula is C76H140O6. The third kappa shape index (κ3) is 68.2. The average Bonchev–Trinajstić information content (AvgIpc) is 3.47. The molecular weight excluding hydrogens is 1010 g/mol. The number of carbonyl (C=O) groups excluding carboxylic acids is 3. The fourth-order valence-corrected chi connectivity index (χ4v) is 11.0. The molecule has 6 nitrogen and oxygen atoms in total. The van der Waals surface area contributed by atoms with Crippen molar-refractivity contribution in [3.8, 4) is 0 Å². The van der Waals surface area contributed by atoms with E-state index in [0.29, 0.717) is 19.3 Å². The van der Waals surface area contributed by atoms with E-state index in [1.807, 2.05) is 0 Å². The first-order chi connectivity index (χ1) is 40.5.